The topological polar surface area (TPSA) is 143 Å². The van der Waals surface area contributed by atoms with Gasteiger partial charge in [-0.1, -0.05) is 76.2 Å². The number of aliphatic hydroxyl groups excluding tert-OH is 4. The molecule has 0 aliphatic carbocycles. The molecule has 0 saturated carbocycles. The predicted molar refractivity (Wildman–Crippen MR) is 197 cm³/mol. The minimum atomic E-state index is -1.27. The second-order valence-corrected chi connectivity index (χ2v) is 14.4. The molecule has 0 radical (unpaired) electrons. The van der Waals surface area contributed by atoms with Crippen molar-refractivity contribution < 1.29 is 48.8 Å². The van der Waals surface area contributed by atoms with Crippen molar-refractivity contribution in [2.24, 2.45) is 0 Å². The van der Waals surface area contributed by atoms with E-state index in [4.69, 9.17) is 28.4 Å². The van der Waals surface area contributed by atoms with E-state index >= 15 is 0 Å². The molecule has 4 aromatic rings. The first kappa shape index (κ1) is 39.1. The molecule has 2 aliphatic heterocycles. The number of epoxide rings is 2. The summed E-state index contributed by atoms with van der Waals surface area (Å²) in [4.78, 5) is 0. The Bertz CT molecular complexity index is 1540. The third-order valence-corrected chi connectivity index (χ3v) is 9.32. The largest absolute Gasteiger partial charge is 0.491 e. The van der Waals surface area contributed by atoms with Gasteiger partial charge in [-0.05, 0) is 84.6 Å². The Labute approximate surface area is 306 Å². The van der Waals surface area contributed by atoms with E-state index in [1.807, 2.05) is 48.5 Å². The average Bonchev–Trinajstić information content (AvgIpc) is 4.07. The Morgan fingerprint density at radius 2 is 0.750 bits per heavy atom. The van der Waals surface area contributed by atoms with Crippen molar-refractivity contribution >= 4 is 0 Å². The van der Waals surface area contributed by atoms with Crippen LogP contribution in [0.1, 0.15) is 63.8 Å². The Hall–Kier alpha value is -4.16. The molecule has 52 heavy (non-hydrogen) atoms. The van der Waals surface area contributed by atoms with Crippen molar-refractivity contribution in [1.29, 1.82) is 0 Å². The summed E-state index contributed by atoms with van der Waals surface area (Å²) in [7, 11) is 0. The number of hydrogen-bond donors (Lipinski definition) is 4. The maximum Gasteiger partial charge on any atom is 0.223 e. The van der Waals surface area contributed by atoms with Crippen molar-refractivity contribution in [2.45, 2.75) is 89.4 Å². The van der Waals surface area contributed by atoms with Gasteiger partial charge >= 0.3 is 0 Å². The summed E-state index contributed by atoms with van der Waals surface area (Å²) in [6.45, 7) is 14.4. The molecule has 2 saturated heterocycles. The van der Waals surface area contributed by atoms with Gasteiger partial charge in [-0.15, -0.1) is 0 Å². The molecular formula is C42H52O10. The Morgan fingerprint density at radius 3 is 0.981 bits per heavy atom. The lowest BCUT2D eigenvalue weighted by atomic mass is 9.78. The van der Waals surface area contributed by atoms with Crippen LogP contribution in [0.25, 0.3) is 0 Å². The standard InChI is InChI=1S/C21H28O6.C21H24O4/c1-13(22)19(24)26-17-9-5-15(6-10-17)21(3,4)16-7-11-18(12-8-16)27-20(25)14(2)23;1-21(2,15-3-7-17(8-4-15)22-11-19-13-24-19)16-5-9-18(10-6-16)23-12-20-14-25-20/h5-14,19-20,22-25H,1-4H3;3-10,19-20H,11-14H2,1-2H3. The molecule has 6 atom stereocenters. The molecule has 0 aromatic heterocycles. The molecule has 6 rings (SSSR count). The summed E-state index contributed by atoms with van der Waals surface area (Å²) in [6.07, 6.45) is -3.93. The van der Waals surface area contributed by atoms with Gasteiger partial charge < -0.3 is 48.8 Å². The van der Waals surface area contributed by atoms with Crippen LogP contribution >= 0.6 is 0 Å². The minimum absolute atomic E-state index is 0.0870. The predicted octanol–water partition coefficient (Wildman–Crippen LogP) is 5.74. The zero-order valence-corrected chi connectivity index (χ0v) is 30.8. The van der Waals surface area contributed by atoms with Crippen LogP contribution in [0.4, 0.5) is 0 Å². The van der Waals surface area contributed by atoms with Crippen LogP contribution < -0.4 is 18.9 Å². The van der Waals surface area contributed by atoms with Gasteiger partial charge in [0, 0.05) is 10.8 Å². The fourth-order valence-corrected chi connectivity index (χ4v) is 5.35. The first-order chi connectivity index (χ1) is 24.7. The molecule has 10 nitrogen and oxygen atoms in total. The fraction of sp³-hybridized carbons (Fsp3) is 0.429. The maximum atomic E-state index is 9.59. The van der Waals surface area contributed by atoms with Gasteiger partial charge in [0.1, 0.15) is 60.6 Å². The Balaban J connectivity index is 0.000000201. The normalized spacial score (nSPS) is 18.9. The number of benzene rings is 4. The Kier molecular flexibility index (Phi) is 12.9. The molecule has 0 spiro atoms. The molecule has 6 unspecified atom stereocenters. The van der Waals surface area contributed by atoms with Gasteiger partial charge in [-0.25, -0.2) is 0 Å². The van der Waals surface area contributed by atoms with Crippen LogP contribution in [-0.4, -0.2) is 83.8 Å². The fourth-order valence-electron chi connectivity index (χ4n) is 5.35. The van der Waals surface area contributed by atoms with E-state index in [1.54, 1.807) is 24.3 Å². The molecule has 10 heteroatoms. The highest BCUT2D eigenvalue weighted by atomic mass is 16.6. The first-order valence-corrected chi connectivity index (χ1v) is 17.7. The highest BCUT2D eigenvalue weighted by Gasteiger charge is 2.27. The van der Waals surface area contributed by atoms with Crippen LogP contribution in [0.2, 0.25) is 0 Å². The summed E-state index contributed by atoms with van der Waals surface area (Å²) in [6, 6.07) is 31.3. The average molecular weight is 717 g/mol. The lowest BCUT2D eigenvalue weighted by molar-refractivity contribution is -0.0959. The summed E-state index contributed by atoms with van der Waals surface area (Å²) >= 11 is 0. The van der Waals surface area contributed by atoms with E-state index in [0.29, 0.717) is 24.7 Å². The van der Waals surface area contributed by atoms with Gasteiger partial charge in [0.15, 0.2) is 0 Å². The van der Waals surface area contributed by atoms with Gasteiger partial charge in [0.25, 0.3) is 0 Å². The third-order valence-electron chi connectivity index (χ3n) is 9.32. The number of ether oxygens (including phenoxy) is 6. The van der Waals surface area contributed by atoms with Gasteiger partial charge in [0.2, 0.25) is 12.6 Å². The lowest BCUT2D eigenvalue weighted by Crippen LogP contribution is -2.28. The van der Waals surface area contributed by atoms with E-state index in [-0.39, 0.29) is 23.0 Å². The molecule has 4 aromatic carbocycles. The number of hydrogen-bond acceptors (Lipinski definition) is 10. The number of aliphatic hydroxyl groups is 4. The maximum absolute atomic E-state index is 9.59. The van der Waals surface area contributed by atoms with E-state index < -0.39 is 24.8 Å². The van der Waals surface area contributed by atoms with Crippen molar-refractivity contribution in [3.05, 3.63) is 119 Å². The molecular weight excluding hydrogens is 664 g/mol. The highest BCUT2D eigenvalue weighted by molar-refractivity contribution is 5.43. The van der Waals surface area contributed by atoms with Crippen molar-refractivity contribution in [2.75, 3.05) is 26.4 Å². The van der Waals surface area contributed by atoms with E-state index in [2.05, 4.69) is 52.0 Å². The summed E-state index contributed by atoms with van der Waals surface area (Å²) in [5.74, 6) is 2.72. The van der Waals surface area contributed by atoms with Crippen molar-refractivity contribution in [3.63, 3.8) is 0 Å². The number of rotatable bonds is 16. The SMILES string of the molecule is CC(C)(c1ccc(OCC2CO2)cc1)c1ccc(OCC2CO2)cc1.CC(O)C(O)Oc1ccc(C(C)(C)c2ccc(OC(O)C(C)O)cc2)cc1. The summed E-state index contributed by atoms with van der Waals surface area (Å²) in [5, 5.41) is 37.8. The zero-order valence-electron chi connectivity index (χ0n) is 30.8. The molecule has 280 valence electrons. The van der Waals surface area contributed by atoms with Gasteiger partial charge in [-0.3, -0.25) is 0 Å². The van der Waals surface area contributed by atoms with Crippen LogP contribution in [0.5, 0.6) is 23.0 Å². The van der Waals surface area contributed by atoms with Crippen LogP contribution in [0.3, 0.4) is 0 Å². The van der Waals surface area contributed by atoms with E-state index in [9.17, 15) is 20.4 Å². The molecule has 2 aliphatic rings. The quantitative estimate of drug-likeness (QED) is 0.0838. The van der Waals surface area contributed by atoms with Crippen molar-refractivity contribution in [1.82, 2.24) is 0 Å². The third kappa shape index (κ3) is 10.9. The van der Waals surface area contributed by atoms with Crippen LogP contribution in [0.15, 0.2) is 97.1 Å². The lowest BCUT2D eigenvalue weighted by Gasteiger charge is -2.27. The Morgan fingerprint density at radius 1 is 0.500 bits per heavy atom. The molecule has 4 N–H and O–H groups in total. The molecule has 2 heterocycles. The highest BCUT2D eigenvalue weighted by Crippen LogP contribution is 2.35. The van der Waals surface area contributed by atoms with Crippen molar-refractivity contribution in [3.8, 4) is 23.0 Å². The van der Waals surface area contributed by atoms with Crippen LogP contribution in [0, 0.1) is 0 Å². The molecule has 2 fully saturated rings. The second-order valence-electron chi connectivity index (χ2n) is 14.4. The smallest absolute Gasteiger partial charge is 0.223 e. The monoisotopic (exact) mass is 716 g/mol. The first-order valence-electron chi connectivity index (χ1n) is 17.7. The summed E-state index contributed by atoms with van der Waals surface area (Å²) < 4.78 is 32.3. The second kappa shape index (κ2) is 17.1. The van der Waals surface area contributed by atoms with E-state index in [1.165, 1.54) is 25.0 Å². The zero-order chi connectivity index (χ0) is 37.5. The summed E-state index contributed by atoms with van der Waals surface area (Å²) in [5.41, 5.74) is 4.20. The minimum Gasteiger partial charge on any atom is -0.491 e. The van der Waals surface area contributed by atoms with Gasteiger partial charge in [0.05, 0.1) is 13.2 Å². The van der Waals surface area contributed by atoms with Gasteiger partial charge in [-0.2, -0.15) is 0 Å². The van der Waals surface area contributed by atoms with Crippen LogP contribution in [-0.2, 0) is 20.3 Å². The molecule has 0 bridgehead atoms. The van der Waals surface area contributed by atoms with E-state index in [0.717, 1.165) is 35.8 Å². The molecule has 0 amide bonds.